The Morgan fingerprint density at radius 3 is 2.82 bits per heavy atom. The van der Waals surface area contributed by atoms with Gasteiger partial charge in [0.15, 0.2) is 0 Å². The van der Waals surface area contributed by atoms with Crippen LogP contribution in [0.5, 0.6) is 5.88 Å². The van der Waals surface area contributed by atoms with Gasteiger partial charge in [0.05, 0.1) is 18.8 Å². The molecule has 1 aromatic heterocycles. The molecular weight excluding hydrogens is 220 g/mol. The Balaban J connectivity index is 2.87. The van der Waals surface area contributed by atoms with E-state index in [0.29, 0.717) is 24.7 Å². The van der Waals surface area contributed by atoms with Gasteiger partial charge in [0.2, 0.25) is 5.88 Å². The highest BCUT2D eigenvalue weighted by Gasteiger charge is 2.15. The molecule has 5 heteroatoms. The molecule has 0 atom stereocenters. The van der Waals surface area contributed by atoms with Crippen LogP contribution in [0.25, 0.3) is 0 Å². The van der Waals surface area contributed by atoms with Gasteiger partial charge in [0.1, 0.15) is 5.69 Å². The van der Waals surface area contributed by atoms with E-state index >= 15 is 0 Å². The first-order chi connectivity index (χ1) is 8.06. The Kier molecular flexibility index (Phi) is 4.75. The summed E-state index contributed by atoms with van der Waals surface area (Å²) < 4.78 is 10.3. The molecule has 0 aliphatic carbocycles. The number of ether oxygens (including phenoxy) is 2. The molecule has 1 rings (SSSR count). The summed E-state index contributed by atoms with van der Waals surface area (Å²) in [6.07, 6.45) is 1.48. The molecule has 0 bridgehead atoms. The van der Waals surface area contributed by atoms with Gasteiger partial charge in [-0.3, -0.25) is 0 Å². The van der Waals surface area contributed by atoms with Crippen molar-refractivity contribution >= 4 is 11.7 Å². The lowest BCUT2D eigenvalue weighted by Crippen LogP contribution is -2.12. The standard InChI is InChI=1S/C12H18N2O3/c1-4-16-12(15)9-5-6-14-11(10(9)13)17-7-8(2)3/h5-6,8H,4,7,13H2,1-3H3. The van der Waals surface area contributed by atoms with Crippen LogP contribution in [0.15, 0.2) is 12.3 Å². The summed E-state index contributed by atoms with van der Waals surface area (Å²) >= 11 is 0. The van der Waals surface area contributed by atoms with Crippen molar-refractivity contribution in [2.45, 2.75) is 20.8 Å². The van der Waals surface area contributed by atoms with E-state index in [-0.39, 0.29) is 11.6 Å². The van der Waals surface area contributed by atoms with Crippen molar-refractivity contribution in [3.8, 4) is 5.88 Å². The van der Waals surface area contributed by atoms with Crippen LogP contribution in [0.3, 0.4) is 0 Å². The molecular formula is C12H18N2O3. The lowest BCUT2D eigenvalue weighted by atomic mass is 10.2. The zero-order valence-electron chi connectivity index (χ0n) is 10.4. The Morgan fingerprint density at radius 1 is 1.53 bits per heavy atom. The van der Waals surface area contributed by atoms with Crippen molar-refractivity contribution in [3.05, 3.63) is 17.8 Å². The van der Waals surface area contributed by atoms with E-state index in [4.69, 9.17) is 15.2 Å². The molecule has 0 saturated heterocycles. The predicted molar refractivity (Wildman–Crippen MR) is 64.9 cm³/mol. The van der Waals surface area contributed by atoms with Crippen molar-refractivity contribution in [2.24, 2.45) is 5.92 Å². The number of aromatic nitrogens is 1. The quantitative estimate of drug-likeness (QED) is 0.793. The lowest BCUT2D eigenvalue weighted by Gasteiger charge is -2.11. The number of carbonyl (C=O) groups is 1. The molecule has 0 radical (unpaired) electrons. The van der Waals surface area contributed by atoms with Crippen LogP contribution in [-0.4, -0.2) is 24.2 Å². The predicted octanol–water partition coefficient (Wildman–Crippen LogP) is 1.88. The Bertz CT molecular complexity index is 391. The van der Waals surface area contributed by atoms with Crippen molar-refractivity contribution in [1.29, 1.82) is 0 Å². The van der Waals surface area contributed by atoms with Gasteiger partial charge in [-0.2, -0.15) is 0 Å². The fraction of sp³-hybridized carbons (Fsp3) is 0.500. The van der Waals surface area contributed by atoms with E-state index in [0.717, 1.165) is 0 Å². The number of hydrogen-bond donors (Lipinski definition) is 1. The second-order valence-corrected chi connectivity index (χ2v) is 4.00. The van der Waals surface area contributed by atoms with Gasteiger partial charge in [0.25, 0.3) is 0 Å². The minimum atomic E-state index is -0.457. The summed E-state index contributed by atoms with van der Waals surface area (Å²) in [4.78, 5) is 15.6. The van der Waals surface area contributed by atoms with Gasteiger partial charge < -0.3 is 15.2 Å². The minimum Gasteiger partial charge on any atom is -0.476 e. The summed E-state index contributed by atoms with van der Waals surface area (Å²) in [5.74, 6) is 0.188. The summed E-state index contributed by atoms with van der Waals surface area (Å²) in [7, 11) is 0. The Labute approximate surface area is 101 Å². The monoisotopic (exact) mass is 238 g/mol. The van der Waals surface area contributed by atoms with Crippen LogP contribution in [0.4, 0.5) is 5.69 Å². The molecule has 2 N–H and O–H groups in total. The number of pyridine rings is 1. The Morgan fingerprint density at radius 2 is 2.24 bits per heavy atom. The highest BCUT2D eigenvalue weighted by atomic mass is 16.5. The molecule has 0 fully saturated rings. The van der Waals surface area contributed by atoms with Crippen LogP contribution in [0.1, 0.15) is 31.1 Å². The average Bonchev–Trinajstić information content (AvgIpc) is 2.27. The molecule has 5 nitrogen and oxygen atoms in total. The molecule has 0 unspecified atom stereocenters. The van der Waals surface area contributed by atoms with Gasteiger partial charge in [-0.05, 0) is 18.9 Å². The van der Waals surface area contributed by atoms with Crippen molar-refractivity contribution in [3.63, 3.8) is 0 Å². The van der Waals surface area contributed by atoms with E-state index in [1.165, 1.54) is 12.3 Å². The van der Waals surface area contributed by atoms with E-state index in [1.54, 1.807) is 6.92 Å². The first-order valence-electron chi connectivity index (χ1n) is 5.60. The number of nitrogens with zero attached hydrogens (tertiary/aromatic N) is 1. The van der Waals surface area contributed by atoms with Crippen LogP contribution >= 0.6 is 0 Å². The van der Waals surface area contributed by atoms with Crippen LogP contribution < -0.4 is 10.5 Å². The summed E-state index contributed by atoms with van der Waals surface area (Å²) in [5, 5.41) is 0. The number of nitrogens with two attached hydrogens (primary N) is 1. The molecule has 0 amide bonds. The largest absolute Gasteiger partial charge is 0.476 e. The summed E-state index contributed by atoms with van der Waals surface area (Å²) in [5.41, 5.74) is 6.33. The molecule has 0 aliphatic heterocycles. The average molecular weight is 238 g/mol. The minimum absolute atomic E-state index is 0.228. The zero-order chi connectivity index (χ0) is 12.8. The number of esters is 1. The van der Waals surface area contributed by atoms with Gasteiger partial charge >= 0.3 is 5.97 Å². The van der Waals surface area contributed by atoms with Gasteiger partial charge in [-0.15, -0.1) is 0 Å². The molecule has 0 spiro atoms. The molecule has 94 valence electrons. The third-order valence-electron chi connectivity index (χ3n) is 2.00. The lowest BCUT2D eigenvalue weighted by molar-refractivity contribution is 0.0527. The summed E-state index contributed by atoms with van der Waals surface area (Å²) in [6.45, 7) is 6.59. The molecule has 1 heterocycles. The zero-order valence-corrected chi connectivity index (χ0v) is 10.4. The topological polar surface area (TPSA) is 74.4 Å². The highest BCUT2D eigenvalue weighted by Crippen LogP contribution is 2.23. The molecule has 0 aliphatic rings. The van der Waals surface area contributed by atoms with Crippen LogP contribution in [-0.2, 0) is 4.74 Å². The Hall–Kier alpha value is -1.78. The second kappa shape index (κ2) is 6.08. The molecule has 0 saturated carbocycles. The maximum absolute atomic E-state index is 11.6. The van der Waals surface area contributed by atoms with E-state index < -0.39 is 5.97 Å². The number of nitrogen functional groups attached to an aromatic ring is 1. The van der Waals surface area contributed by atoms with Gasteiger partial charge in [-0.1, -0.05) is 13.8 Å². The smallest absolute Gasteiger partial charge is 0.340 e. The third kappa shape index (κ3) is 3.62. The van der Waals surface area contributed by atoms with E-state index in [2.05, 4.69) is 4.98 Å². The SMILES string of the molecule is CCOC(=O)c1ccnc(OCC(C)C)c1N. The van der Waals surface area contributed by atoms with E-state index in [1.807, 2.05) is 13.8 Å². The third-order valence-corrected chi connectivity index (χ3v) is 2.00. The van der Waals surface area contributed by atoms with Crippen molar-refractivity contribution in [1.82, 2.24) is 4.98 Å². The molecule has 1 aromatic rings. The maximum Gasteiger partial charge on any atom is 0.340 e. The number of hydrogen-bond acceptors (Lipinski definition) is 5. The fourth-order valence-electron chi connectivity index (χ4n) is 1.20. The van der Waals surface area contributed by atoms with E-state index in [9.17, 15) is 4.79 Å². The normalized spacial score (nSPS) is 10.4. The highest BCUT2D eigenvalue weighted by molar-refractivity contribution is 5.96. The van der Waals surface area contributed by atoms with Crippen LogP contribution in [0, 0.1) is 5.92 Å². The fourth-order valence-corrected chi connectivity index (χ4v) is 1.20. The number of rotatable bonds is 5. The number of carbonyl (C=O) groups excluding carboxylic acids is 1. The first kappa shape index (κ1) is 13.3. The number of anilines is 1. The second-order valence-electron chi connectivity index (χ2n) is 4.00. The summed E-state index contributed by atoms with van der Waals surface area (Å²) in [6, 6.07) is 1.52. The van der Waals surface area contributed by atoms with Crippen molar-refractivity contribution in [2.75, 3.05) is 18.9 Å². The molecule has 17 heavy (non-hydrogen) atoms. The maximum atomic E-state index is 11.6. The molecule has 0 aromatic carbocycles. The van der Waals surface area contributed by atoms with Gasteiger partial charge in [-0.25, -0.2) is 9.78 Å². The van der Waals surface area contributed by atoms with Crippen LogP contribution in [0.2, 0.25) is 0 Å². The van der Waals surface area contributed by atoms with Crippen molar-refractivity contribution < 1.29 is 14.3 Å². The first-order valence-corrected chi connectivity index (χ1v) is 5.60. The van der Waals surface area contributed by atoms with Gasteiger partial charge in [0, 0.05) is 6.20 Å².